The minimum Gasteiger partial charge on any atom is -0.467 e. The molecule has 0 aromatic rings. The van der Waals surface area contributed by atoms with Crippen molar-refractivity contribution in [3.8, 4) is 0 Å². The van der Waals surface area contributed by atoms with Crippen LogP contribution in [0.15, 0.2) is 0 Å². The zero-order valence-corrected chi connectivity index (χ0v) is 10.9. The highest BCUT2D eigenvalue weighted by molar-refractivity contribution is 5.81. The van der Waals surface area contributed by atoms with E-state index < -0.39 is 18.1 Å². The highest BCUT2D eigenvalue weighted by Gasteiger charge is 2.21. The molecule has 7 nitrogen and oxygen atoms in total. The summed E-state index contributed by atoms with van der Waals surface area (Å²) in [4.78, 5) is 33.0. The van der Waals surface area contributed by atoms with Gasteiger partial charge >= 0.3 is 12.1 Å². The van der Waals surface area contributed by atoms with Crippen LogP contribution in [0.2, 0.25) is 0 Å². The maximum absolute atomic E-state index is 11.4. The second kappa shape index (κ2) is 9.26. The van der Waals surface area contributed by atoms with Crippen LogP contribution in [-0.4, -0.2) is 44.8 Å². The molecule has 0 radical (unpaired) electrons. The Labute approximate surface area is 106 Å². The molecular weight excluding hydrogens is 240 g/mol. The average molecular weight is 260 g/mol. The van der Waals surface area contributed by atoms with Gasteiger partial charge in [0.05, 0.1) is 14.2 Å². The molecule has 0 bridgehead atoms. The lowest BCUT2D eigenvalue weighted by Gasteiger charge is -2.15. The summed E-state index contributed by atoms with van der Waals surface area (Å²) in [6.07, 6.45) is 1.15. The molecule has 0 saturated carbocycles. The van der Waals surface area contributed by atoms with Crippen LogP contribution in [0.3, 0.4) is 0 Å². The van der Waals surface area contributed by atoms with Crippen molar-refractivity contribution in [2.24, 2.45) is 0 Å². The van der Waals surface area contributed by atoms with E-state index in [2.05, 4.69) is 20.1 Å². The van der Waals surface area contributed by atoms with Crippen molar-refractivity contribution in [1.29, 1.82) is 0 Å². The molecule has 0 saturated heterocycles. The number of amides is 2. The van der Waals surface area contributed by atoms with E-state index in [-0.39, 0.29) is 5.91 Å². The first-order valence-electron chi connectivity index (χ1n) is 5.68. The minimum absolute atomic E-state index is 0.0906. The van der Waals surface area contributed by atoms with Crippen LogP contribution in [-0.2, 0) is 19.1 Å². The van der Waals surface area contributed by atoms with E-state index in [1.165, 1.54) is 21.1 Å². The Morgan fingerprint density at radius 1 is 1.11 bits per heavy atom. The Kier molecular flexibility index (Phi) is 8.34. The number of unbranched alkanes of at least 4 members (excludes halogenated alkanes) is 1. The normalized spacial score (nSPS) is 11.3. The molecule has 0 spiro atoms. The van der Waals surface area contributed by atoms with Crippen molar-refractivity contribution >= 4 is 18.0 Å². The lowest BCUT2D eigenvalue weighted by atomic mass is 10.1. The first kappa shape index (κ1) is 16.2. The summed E-state index contributed by atoms with van der Waals surface area (Å²) in [5.74, 6) is -0.605. The van der Waals surface area contributed by atoms with E-state index >= 15 is 0 Å². The Morgan fingerprint density at radius 2 is 1.78 bits per heavy atom. The number of rotatable bonds is 7. The molecule has 0 fully saturated rings. The summed E-state index contributed by atoms with van der Waals surface area (Å²) in [5.41, 5.74) is 0. The molecule has 1 atom stereocenters. The van der Waals surface area contributed by atoms with Crippen LogP contribution in [0.1, 0.15) is 26.2 Å². The monoisotopic (exact) mass is 260 g/mol. The van der Waals surface area contributed by atoms with Crippen LogP contribution in [0, 0.1) is 0 Å². The fraction of sp³-hybridized carbons (Fsp3) is 0.727. The van der Waals surface area contributed by atoms with Gasteiger partial charge in [0.25, 0.3) is 0 Å². The number of carbonyl (C=O) groups is 3. The van der Waals surface area contributed by atoms with E-state index in [1.807, 2.05) is 0 Å². The Hall–Kier alpha value is -1.79. The van der Waals surface area contributed by atoms with Crippen molar-refractivity contribution in [2.75, 3.05) is 20.8 Å². The smallest absolute Gasteiger partial charge is 0.407 e. The van der Waals surface area contributed by atoms with E-state index in [1.54, 1.807) is 0 Å². The van der Waals surface area contributed by atoms with Gasteiger partial charge in [0.2, 0.25) is 5.91 Å². The van der Waals surface area contributed by atoms with Crippen LogP contribution in [0.4, 0.5) is 4.79 Å². The molecule has 0 rings (SSSR count). The van der Waals surface area contributed by atoms with Crippen molar-refractivity contribution in [2.45, 2.75) is 32.2 Å². The molecule has 0 aliphatic rings. The number of hydrogen-bond donors (Lipinski definition) is 2. The fourth-order valence-corrected chi connectivity index (χ4v) is 1.33. The van der Waals surface area contributed by atoms with Crippen LogP contribution >= 0.6 is 0 Å². The maximum atomic E-state index is 11.4. The zero-order valence-electron chi connectivity index (χ0n) is 10.9. The van der Waals surface area contributed by atoms with Gasteiger partial charge in [-0.15, -0.1) is 0 Å². The molecule has 18 heavy (non-hydrogen) atoms. The van der Waals surface area contributed by atoms with E-state index in [0.29, 0.717) is 19.4 Å². The van der Waals surface area contributed by atoms with Gasteiger partial charge in [-0.3, -0.25) is 4.79 Å². The summed E-state index contributed by atoms with van der Waals surface area (Å²) >= 11 is 0. The van der Waals surface area contributed by atoms with Crippen LogP contribution in [0.25, 0.3) is 0 Å². The number of hydrogen-bond acceptors (Lipinski definition) is 5. The predicted molar refractivity (Wildman–Crippen MR) is 63.9 cm³/mol. The zero-order chi connectivity index (χ0) is 14.0. The third-order valence-electron chi connectivity index (χ3n) is 2.26. The summed E-state index contributed by atoms with van der Waals surface area (Å²) in [6.45, 7) is 1.98. The Bertz CT molecular complexity index is 293. The van der Waals surface area contributed by atoms with Crippen molar-refractivity contribution in [3.05, 3.63) is 0 Å². The molecular formula is C11H20N2O5. The number of esters is 1. The lowest BCUT2D eigenvalue weighted by molar-refractivity contribution is -0.143. The third kappa shape index (κ3) is 7.48. The minimum atomic E-state index is -0.722. The molecule has 2 amide bonds. The number of alkyl carbamates (subject to hydrolysis) is 1. The number of ether oxygens (including phenoxy) is 2. The highest BCUT2D eigenvalue weighted by atomic mass is 16.5. The van der Waals surface area contributed by atoms with Crippen LogP contribution < -0.4 is 10.6 Å². The summed E-state index contributed by atoms with van der Waals surface area (Å²) < 4.78 is 8.99. The van der Waals surface area contributed by atoms with Gasteiger partial charge in [0.15, 0.2) is 0 Å². The molecule has 7 heteroatoms. The standard InChI is InChI=1S/C11H20N2O5/c1-8(14)12-7-5-4-6-9(10(15)17-2)13-11(16)18-3/h9H,4-7H2,1-3H3,(H,12,14)(H,13,16). The van der Waals surface area contributed by atoms with Gasteiger partial charge in [-0.25, -0.2) is 9.59 Å². The second-order valence-electron chi connectivity index (χ2n) is 3.69. The van der Waals surface area contributed by atoms with Gasteiger partial charge in [-0.2, -0.15) is 0 Å². The molecule has 0 aromatic carbocycles. The first-order valence-corrected chi connectivity index (χ1v) is 5.68. The van der Waals surface area contributed by atoms with Gasteiger partial charge in [-0.1, -0.05) is 0 Å². The summed E-state index contributed by atoms with van der Waals surface area (Å²) in [5, 5.41) is 5.04. The fourth-order valence-electron chi connectivity index (χ4n) is 1.33. The number of methoxy groups -OCH3 is 2. The SMILES string of the molecule is COC(=O)NC(CCCCNC(C)=O)C(=O)OC. The third-order valence-corrected chi connectivity index (χ3v) is 2.26. The molecule has 0 heterocycles. The molecule has 0 aliphatic carbocycles. The molecule has 0 aliphatic heterocycles. The van der Waals surface area contributed by atoms with Crippen molar-refractivity contribution in [3.63, 3.8) is 0 Å². The molecule has 0 aromatic heterocycles. The highest BCUT2D eigenvalue weighted by Crippen LogP contribution is 2.03. The first-order chi connectivity index (χ1) is 8.51. The quantitative estimate of drug-likeness (QED) is 0.503. The Morgan fingerprint density at radius 3 is 2.28 bits per heavy atom. The predicted octanol–water partition coefficient (Wildman–Crippen LogP) is 0.190. The average Bonchev–Trinajstić information content (AvgIpc) is 2.35. The van der Waals surface area contributed by atoms with E-state index in [4.69, 9.17) is 0 Å². The second-order valence-corrected chi connectivity index (χ2v) is 3.69. The number of carbonyl (C=O) groups excluding carboxylic acids is 3. The maximum Gasteiger partial charge on any atom is 0.407 e. The lowest BCUT2D eigenvalue weighted by Crippen LogP contribution is -2.41. The largest absolute Gasteiger partial charge is 0.467 e. The number of nitrogens with one attached hydrogen (secondary N) is 2. The van der Waals surface area contributed by atoms with Gasteiger partial charge in [0, 0.05) is 13.5 Å². The summed E-state index contributed by atoms with van der Waals surface area (Å²) in [6, 6.07) is -0.722. The van der Waals surface area contributed by atoms with Crippen LogP contribution in [0.5, 0.6) is 0 Å². The van der Waals surface area contributed by atoms with Crippen molar-refractivity contribution < 1.29 is 23.9 Å². The summed E-state index contributed by atoms with van der Waals surface area (Å²) in [7, 11) is 2.48. The van der Waals surface area contributed by atoms with Gasteiger partial charge < -0.3 is 20.1 Å². The van der Waals surface area contributed by atoms with Crippen molar-refractivity contribution in [1.82, 2.24) is 10.6 Å². The van der Waals surface area contributed by atoms with Gasteiger partial charge in [0.1, 0.15) is 6.04 Å². The van der Waals surface area contributed by atoms with Gasteiger partial charge in [-0.05, 0) is 19.3 Å². The molecule has 104 valence electrons. The topological polar surface area (TPSA) is 93.7 Å². The molecule has 1 unspecified atom stereocenters. The Balaban J connectivity index is 3.97. The van der Waals surface area contributed by atoms with E-state index in [9.17, 15) is 14.4 Å². The molecule has 2 N–H and O–H groups in total. The van der Waals surface area contributed by atoms with E-state index in [0.717, 1.165) is 6.42 Å².